The number of benzene rings is 3. The minimum absolute atomic E-state index is 0.0838. The third-order valence-electron chi connectivity index (χ3n) is 8.07. The van der Waals surface area contributed by atoms with Crippen LogP contribution in [-0.2, 0) is 32.6 Å². The molecule has 0 heterocycles. The van der Waals surface area contributed by atoms with E-state index in [4.69, 9.17) is 11.6 Å². The Labute approximate surface area is 261 Å². The van der Waals surface area contributed by atoms with Crippen LogP contribution in [0.15, 0.2) is 78.9 Å². The van der Waals surface area contributed by atoms with E-state index in [-0.39, 0.29) is 43.8 Å². The van der Waals surface area contributed by atoms with Crippen LogP contribution >= 0.6 is 11.6 Å². The summed E-state index contributed by atoms with van der Waals surface area (Å²) in [4.78, 5) is 29.7. The van der Waals surface area contributed by atoms with Gasteiger partial charge in [-0.2, -0.15) is 0 Å². The molecule has 0 radical (unpaired) electrons. The van der Waals surface area contributed by atoms with Crippen LogP contribution in [0.3, 0.4) is 0 Å². The second-order valence-electron chi connectivity index (χ2n) is 11.4. The van der Waals surface area contributed by atoms with Crippen molar-refractivity contribution in [3.05, 3.63) is 101 Å². The Bertz CT molecular complexity index is 1480. The van der Waals surface area contributed by atoms with Gasteiger partial charge in [0, 0.05) is 37.0 Å². The number of nitrogens with one attached hydrogen (secondary N) is 1. The number of carbonyl (C=O) groups is 2. The maximum Gasteiger partial charge on any atom is 0.243 e. The summed E-state index contributed by atoms with van der Waals surface area (Å²) in [6.07, 6.45) is 7.14. The smallest absolute Gasteiger partial charge is 0.243 e. The molecule has 9 heteroatoms. The summed E-state index contributed by atoms with van der Waals surface area (Å²) in [5.74, 6) is -0.336. The average Bonchev–Trinajstić information content (AvgIpc) is 2.98. The highest BCUT2D eigenvalue weighted by Crippen LogP contribution is 2.24. The molecule has 0 aromatic heterocycles. The molecule has 4 rings (SSSR count). The van der Waals surface area contributed by atoms with E-state index in [0.29, 0.717) is 17.1 Å². The van der Waals surface area contributed by atoms with Gasteiger partial charge in [-0.15, -0.1) is 0 Å². The Morgan fingerprint density at radius 2 is 1.65 bits per heavy atom. The molecule has 0 aliphatic heterocycles. The highest BCUT2D eigenvalue weighted by atomic mass is 35.5. The van der Waals surface area contributed by atoms with Crippen molar-refractivity contribution < 1.29 is 18.0 Å². The van der Waals surface area contributed by atoms with Gasteiger partial charge < -0.3 is 10.2 Å². The lowest BCUT2D eigenvalue weighted by Gasteiger charge is -2.34. The molecule has 3 aromatic carbocycles. The van der Waals surface area contributed by atoms with Gasteiger partial charge in [0.15, 0.2) is 0 Å². The Morgan fingerprint density at radius 3 is 2.33 bits per heavy atom. The molecular formula is C34H42ClN3O4S. The predicted molar refractivity (Wildman–Crippen MR) is 174 cm³/mol. The Hall–Kier alpha value is -3.36. The van der Waals surface area contributed by atoms with Crippen molar-refractivity contribution in [2.75, 3.05) is 17.1 Å². The van der Waals surface area contributed by atoms with Crippen LogP contribution in [0.5, 0.6) is 0 Å². The number of hydrogen-bond donors (Lipinski definition) is 1. The van der Waals surface area contributed by atoms with Gasteiger partial charge in [-0.1, -0.05) is 91.5 Å². The maximum absolute atomic E-state index is 14.1. The average molecular weight is 624 g/mol. The third kappa shape index (κ3) is 9.57. The number of amides is 2. The van der Waals surface area contributed by atoms with Crippen LogP contribution < -0.4 is 9.62 Å². The number of sulfonamides is 1. The molecule has 1 aliphatic rings. The van der Waals surface area contributed by atoms with E-state index in [1.54, 1.807) is 29.2 Å². The van der Waals surface area contributed by atoms with Gasteiger partial charge in [-0.3, -0.25) is 13.9 Å². The number of hydrogen-bond acceptors (Lipinski definition) is 4. The molecular weight excluding hydrogens is 582 g/mol. The predicted octanol–water partition coefficient (Wildman–Crippen LogP) is 6.28. The summed E-state index contributed by atoms with van der Waals surface area (Å²) in [5, 5.41) is 3.69. The van der Waals surface area contributed by atoms with E-state index in [0.717, 1.165) is 48.6 Å². The lowest BCUT2D eigenvalue weighted by atomic mass is 9.94. The van der Waals surface area contributed by atoms with E-state index >= 15 is 0 Å². The Morgan fingerprint density at radius 1 is 0.953 bits per heavy atom. The SMILES string of the molecule is Cc1ccccc1CN(C(=O)CCCN(c1cccc(Cl)c1)S(C)(=O)=O)[C@H](Cc1ccccc1)C(=O)NC1CCCCC1. The molecule has 43 heavy (non-hydrogen) atoms. The zero-order valence-corrected chi connectivity index (χ0v) is 26.6. The van der Waals surface area contributed by atoms with Gasteiger partial charge in [0.25, 0.3) is 0 Å². The van der Waals surface area contributed by atoms with Crippen molar-refractivity contribution in [2.45, 2.75) is 76.9 Å². The van der Waals surface area contributed by atoms with E-state index in [1.807, 2.05) is 61.5 Å². The first-order valence-electron chi connectivity index (χ1n) is 15.0. The first-order valence-corrected chi connectivity index (χ1v) is 17.3. The molecule has 1 fully saturated rings. The third-order valence-corrected chi connectivity index (χ3v) is 9.50. The fraction of sp³-hybridized carbons (Fsp3) is 0.412. The van der Waals surface area contributed by atoms with Gasteiger partial charge in [0.05, 0.1) is 11.9 Å². The highest BCUT2D eigenvalue weighted by molar-refractivity contribution is 7.92. The van der Waals surface area contributed by atoms with Crippen molar-refractivity contribution >= 4 is 39.1 Å². The Balaban J connectivity index is 1.60. The first kappa shape index (κ1) is 32.6. The lowest BCUT2D eigenvalue weighted by Crippen LogP contribution is -2.53. The van der Waals surface area contributed by atoms with Gasteiger partial charge in [0.2, 0.25) is 21.8 Å². The lowest BCUT2D eigenvalue weighted by molar-refractivity contribution is -0.141. The monoisotopic (exact) mass is 623 g/mol. The van der Waals surface area contributed by atoms with Crippen molar-refractivity contribution in [2.24, 2.45) is 0 Å². The van der Waals surface area contributed by atoms with Crippen LogP contribution in [0.25, 0.3) is 0 Å². The van der Waals surface area contributed by atoms with Crippen LogP contribution in [0, 0.1) is 6.92 Å². The molecule has 2 amide bonds. The molecule has 1 saturated carbocycles. The molecule has 3 aromatic rings. The van der Waals surface area contributed by atoms with Gasteiger partial charge >= 0.3 is 0 Å². The number of aryl methyl sites for hydroxylation is 1. The van der Waals surface area contributed by atoms with E-state index < -0.39 is 16.1 Å². The molecule has 7 nitrogen and oxygen atoms in total. The van der Waals surface area contributed by atoms with Gasteiger partial charge in [-0.25, -0.2) is 8.42 Å². The highest BCUT2D eigenvalue weighted by Gasteiger charge is 2.32. The van der Waals surface area contributed by atoms with E-state index in [1.165, 1.54) is 10.7 Å². The quantitative estimate of drug-likeness (QED) is 0.243. The standard InChI is InChI=1S/C34H42ClN3O4S/c1-26-13-9-10-16-28(26)25-37(33(39)21-12-22-38(43(2,41)42)31-20-11-17-29(35)24-31)32(23-27-14-5-3-6-15-27)34(40)36-30-18-7-4-8-19-30/h3,5-6,9-11,13-17,20,24,30,32H,4,7-8,12,18-19,21-23,25H2,1-2H3,(H,36,40)/t32-/m1/s1. The second kappa shape index (κ2) is 15.4. The molecule has 1 atom stereocenters. The van der Waals surface area contributed by atoms with Gasteiger partial charge in [0.1, 0.15) is 6.04 Å². The van der Waals surface area contributed by atoms with Crippen LogP contribution in [0.1, 0.15) is 61.6 Å². The fourth-order valence-corrected chi connectivity index (χ4v) is 6.85. The Kier molecular flexibility index (Phi) is 11.7. The zero-order chi connectivity index (χ0) is 30.8. The normalized spacial score (nSPS) is 14.6. The summed E-state index contributed by atoms with van der Waals surface area (Å²) >= 11 is 6.14. The molecule has 0 saturated heterocycles. The molecule has 1 aliphatic carbocycles. The van der Waals surface area contributed by atoms with Crippen molar-refractivity contribution in [1.82, 2.24) is 10.2 Å². The summed E-state index contributed by atoms with van der Waals surface area (Å²) in [7, 11) is -3.61. The van der Waals surface area contributed by atoms with E-state index in [9.17, 15) is 18.0 Å². The number of anilines is 1. The number of rotatable bonds is 13. The number of nitrogens with zero attached hydrogens (tertiary/aromatic N) is 2. The van der Waals surface area contributed by atoms with Gasteiger partial charge in [-0.05, 0) is 61.1 Å². The number of halogens is 1. The minimum Gasteiger partial charge on any atom is -0.352 e. The van der Waals surface area contributed by atoms with Crippen molar-refractivity contribution in [1.29, 1.82) is 0 Å². The van der Waals surface area contributed by atoms with Crippen LogP contribution in [0.2, 0.25) is 5.02 Å². The molecule has 0 unspecified atom stereocenters. The summed E-state index contributed by atoms with van der Waals surface area (Å²) in [6, 6.07) is 23.7. The number of carbonyl (C=O) groups excluding carboxylic acids is 2. The maximum atomic E-state index is 14.1. The molecule has 230 valence electrons. The zero-order valence-electron chi connectivity index (χ0n) is 25.0. The molecule has 1 N–H and O–H groups in total. The topological polar surface area (TPSA) is 86.8 Å². The minimum atomic E-state index is -3.61. The summed E-state index contributed by atoms with van der Waals surface area (Å²) < 4.78 is 26.6. The van der Waals surface area contributed by atoms with E-state index in [2.05, 4.69) is 5.32 Å². The first-order chi connectivity index (χ1) is 20.6. The summed E-state index contributed by atoms with van der Waals surface area (Å²) in [5.41, 5.74) is 3.43. The molecule has 0 spiro atoms. The van der Waals surface area contributed by atoms with Crippen molar-refractivity contribution in [3.8, 4) is 0 Å². The summed E-state index contributed by atoms with van der Waals surface area (Å²) in [6.45, 7) is 2.40. The fourth-order valence-electron chi connectivity index (χ4n) is 5.70. The second-order valence-corrected chi connectivity index (χ2v) is 13.8. The van der Waals surface area contributed by atoms with Crippen LogP contribution in [-0.4, -0.2) is 50.0 Å². The largest absolute Gasteiger partial charge is 0.352 e. The molecule has 0 bridgehead atoms. The van der Waals surface area contributed by atoms with Crippen molar-refractivity contribution in [3.63, 3.8) is 0 Å². The van der Waals surface area contributed by atoms with Crippen LogP contribution in [0.4, 0.5) is 5.69 Å².